The van der Waals surface area contributed by atoms with E-state index in [1.165, 1.54) is 0 Å². The Hall–Kier alpha value is -1.37. The van der Waals surface area contributed by atoms with Gasteiger partial charge in [0.1, 0.15) is 4.90 Å². The second-order valence-electron chi connectivity index (χ2n) is 6.40. The number of para-hydroxylation sites is 1. The van der Waals surface area contributed by atoms with Crippen LogP contribution in [-0.4, -0.2) is 44.0 Å². The van der Waals surface area contributed by atoms with E-state index in [0.29, 0.717) is 23.9 Å². The molecular formula is C17H25N3O2S. The van der Waals surface area contributed by atoms with Crippen LogP contribution in [0.4, 0.5) is 0 Å². The van der Waals surface area contributed by atoms with Crippen molar-refractivity contribution in [2.45, 2.75) is 24.7 Å². The Morgan fingerprint density at radius 3 is 2.52 bits per heavy atom. The van der Waals surface area contributed by atoms with Gasteiger partial charge in [-0.15, -0.1) is 0 Å². The third-order valence-corrected chi connectivity index (χ3v) is 7.08. The summed E-state index contributed by atoms with van der Waals surface area (Å²) in [6.07, 6.45) is 1.84. The van der Waals surface area contributed by atoms with Crippen molar-refractivity contribution in [2.75, 3.05) is 26.7 Å². The SMILES string of the molecule is CNCC1CCN(S(=O)(=O)c2c(C)n(C)c3ccccc23)CC1. The summed E-state index contributed by atoms with van der Waals surface area (Å²) in [5, 5.41) is 4.01. The average Bonchev–Trinajstić information content (AvgIpc) is 2.81. The molecule has 0 atom stereocenters. The summed E-state index contributed by atoms with van der Waals surface area (Å²) in [6.45, 7) is 4.07. The number of aryl methyl sites for hydroxylation is 1. The number of aromatic nitrogens is 1. The molecule has 1 aliphatic heterocycles. The maximum Gasteiger partial charge on any atom is 0.245 e. The summed E-state index contributed by atoms with van der Waals surface area (Å²) >= 11 is 0. The summed E-state index contributed by atoms with van der Waals surface area (Å²) in [7, 11) is 0.429. The number of benzene rings is 1. The second-order valence-corrected chi connectivity index (χ2v) is 8.27. The van der Waals surface area contributed by atoms with Crippen molar-refractivity contribution in [3.05, 3.63) is 30.0 Å². The Balaban J connectivity index is 1.97. The summed E-state index contributed by atoms with van der Waals surface area (Å²) < 4.78 is 30.0. The third kappa shape index (κ3) is 2.79. The van der Waals surface area contributed by atoms with Gasteiger partial charge in [-0.1, -0.05) is 18.2 Å². The molecule has 0 unspecified atom stereocenters. The molecule has 5 nitrogen and oxygen atoms in total. The van der Waals surface area contributed by atoms with Crippen LogP contribution in [0.1, 0.15) is 18.5 Å². The number of hydrogen-bond donors (Lipinski definition) is 1. The van der Waals surface area contributed by atoms with Crippen LogP contribution in [0.25, 0.3) is 10.9 Å². The Bertz CT molecular complexity index is 803. The van der Waals surface area contributed by atoms with Crippen molar-refractivity contribution >= 4 is 20.9 Å². The van der Waals surface area contributed by atoms with Gasteiger partial charge < -0.3 is 9.88 Å². The summed E-state index contributed by atoms with van der Waals surface area (Å²) in [6, 6.07) is 7.73. The minimum Gasteiger partial charge on any atom is -0.347 e. The van der Waals surface area contributed by atoms with E-state index in [2.05, 4.69) is 5.32 Å². The normalized spacial score (nSPS) is 17.9. The van der Waals surface area contributed by atoms with Gasteiger partial charge in [-0.2, -0.15) is 4.31 Å². The zero-order chi connectivity index (χ0) is 16.6. The highest BCUT2D eigenvalue weighted by Gasteiger charge is 2.33. The smallest absolute Gasteiger partial charge is 0.245 e. The lowest BCUT2D eigenvalue weighted by Crippen LogP contribution is -2.40. The number of sulfonamides is 1. The topological polar surface area (TPSA) is 54.3 Å². The quantitative estimate of drug-likeness (QED) is 0.931. The largest absolute Gasteiger partial charge is 0.347 e. The minimum atomic E-state index is -3.44. The lowest BCUT2D eigenvalue weighted by Gasteiger charge is -2.31. The first-order valence-corrected chi connectivity index (χ1v) is 9.59. The zero-order valence-electron chi connectivity index (χ0n) is 14.0. The Morgan fingerprint density at radius 1 is 1.22 bits per heavy atom. The molecule has 1 N–H and O–H groups in total. The molecule has 1 aromatic carbocycles. The number of hydrogen-bond acceptors (Lipinski definition) is 3. The molecule has 2 aromatic rings. The van der Waals surface area contributed by atoms with E-state index in [1.54, 1.807) is 4.31 Å². The number of fused-ring (bicyclic) bond motifs is 1. The van der Waals surface area contributed by atoms with Crippen LogP contribution in [0.2, 0.25) is 0 Å². The standard InChI is InChI=1S/C17H25N3O2S/c1-13-17(15-6-4-5-7-16(15)19(13)3)23(21,22)20-10-8-14(9-11-20)12-18-2/h4-7,14,18H,8-12H2,1-3H3. The summed E-state index contributed by atoms with van der Waals surface area (Å²) in [5.74, 6) is 0.570. The molecule has 2 heterocycles. The van der Waals surface area contributed by atoms with Crippen LogP contribution in [0, 0.1) is 12.8 Å². The van der Waals surface area contributed by atoms with Crippen LogP contribution in [0.3, 0.4) is 0 Å². The first-order valence-electron chi connectivity index (χ1n) is 8.15. The Kier molecular flexibility index (Phi) is 4.49. The van der Waals surface area contributed by atoms with Gasteiger partial charge in [0.25, 0.3) is 0 Å². The van der Waals surface area contributed by atoms with Crippen LogP contribution in [-0.2, 0) is 17.1 Å². The highest BCUT2D eigenvalue weighted by Crippen LogP contribution is 2.32. The Labute approximate surface area is 138 Å². The lowest BCUT2D eigenvalue weighted by atomic mass is 9.98. The first kappa shape index (κ1) is 16.5. The number of nitrogens with zero attached hydrogens (tertiary/aromatic N) is 2. The van der Waals surface area contributed by atoms with Crippen molar-refractivity contribution < 1.29 is 8.42 Å². The predicted molar refractivity (Wildman–Crippen MR) is 93.1 cm³/mol. The predicted octanol–water partition coefficient (Wildman–Crippen LogP) is 2.11. The van der Waals surface area contributed by atoms with E-state index in [4.69, 9.17) is 0 Å². The molecular weight excluding hydrogens is 310 g/mol. The van der Waals surface area contributed by atoms with Crippen molar-refractivity contribution in [3.63, 3.8) is 0 Å². The molecule has 3 rings (SSSR count). The van der Waals surface area contributed by atoms with Crippen molar-refractivity contribution in [2.24, 2.45) is 13.0 Å². The van der Waals surface area contributed by atoms with E-state index in [9.17, 15) is 8.42 Å². The maximum atomic E-state index is 13.2. The first-order chi connectivity index (χ1) is 11.0. The molecule has 126 valence electrons. The highest BCUT2D eigenvalue weighted by atomic mass is 32.2. The molecule has 6 heteroatoms. The van der Waals surface area contributed by atoms with Gasteiger partial charge in [0.05, 0.1) is 0 Å². The molecule has 0 saturated carbocycles. The number of rotatable bonds is 4. The van der Waals surface area contributed by atoms with Gasteiger partial charge in [0.2, 0.25) is 10.0 Å². The molecule has 0 aliphatic carbocycles. The second kappa shape index (κ2) is 6.26. The van der Waals surface area contributed by atoms with Crippen LogP contribution in [0.15, 0.2) is 29.2 Å². The third-order valence-electron chi connectivity index (χ3n) is 5.01. The highest BCUT2D eigenvalue weighted by molar-refractivity contribution is 7.89. The molecule has 0 bridgehead atoms. The van der Waals surface area contributed by atoms with E-state index < -0.39 is 10.0 Å². The van der Waals surface area contributed by atoms with Crippen molar-refractivity contribution in [3.8, 4) is 0 Å². The van der Waals surface area contributed by atoms with Gasteiger partial charge >= 0.3 is 0 Å². The van der Waals surface area contributed by atoms with Gasteiger partial charge in [0, 0.05) is 36.7 Å². The zero-order valence-corrected chi connectivity index (χ0v) is 14.9. The monoisotopic (exact) mass is 335 g/mol. The molecule has 0 radical (unpaired) electrons. The summed E-state index contributed by atoms with van der Waals surface area (Å²) in [5.41, 5.74) is 1.78. The van der Waals surface area contributed by atoms with Gasteiger partial charge in [-0.3, -0.25) is 0 Å². The van der Waals surface area contributed by atoms with Crippen LogP contribution >= 0.6 is 0 Å². The molecule has 23 heavy (non-hydrogen) atoms. The fourth-order valence-corrected chi connectivity index (χ4v) is 5.49. The van der Waals surface area contributed by atoms with E-state index >= 15 is 0 Å². The van der Waals surface area contributed by atoms with E-state index in [1.807, 2.05) is 49.9 Å². The van der Waals surface area contributed by atoms with Crippen molar-refractivity contribution in [1.29, 1.82) is 0 Å². The molecule has 1 fully saturated rings. The fraction of sp³-hybridized carbons (Fsp3) is 0.529. The van der Waals surface area contributed by atoms with Gasteiger partial charge in [-0.25, -0.2) is 8.42 Å². The van der Waals surface area contributed by atoms with Crippen LogP contribution < -0.4 is 5.32 Å². The van der Waals surface area contributed by atoms with Crippen molar-refractivity contribution in [1.82, 2.24) is 14.2 Å². The molecule has 1 aliphatic rings. The molecule has 0 amide bonds. The van der Waals surface area contributed by atoms with Gasteiger partial charge in [0.15, 0.2) is 0 Å². The molecule has 1 saturated heterocycles. The Morgan fingerprint density at radius 2 is 1.87 bits per heavy atom. The average molecular weight is 335 g/mol. The number of nitrogens with one attached hydrogen (secondary N) is 1. The minimum absolute atomic E-state index is 0.475. The van der Waals surface area contributed by atoms with E-state index in [0.717, 1.165) is 36.0 Å². The van der Waals surface area contributed by atoms with E-state index in [-0.39, 0.29) is 0 Å². The fourth-order valence-electron chi connectivity index (χ4n) is 3.58. The number of piperidine rings is 1. The van der Waals surface area contributed by atoms with Crippen LogP contribution in [0.5, 0.6) is 0 Å². The summed E-state index contributed by atoms with van der Waals surface area (Å²) in [4.78, 5) is 0.475. The molecule has 1 aromatic heterocycles. The maximum absolute atomic E-state index is 13.2. The molecule has 0 spiro atoms. The lowest BCUT2D eigenvalue weighted by molar-refractivity contribution is 0.271. The van der Waals surface area contributed by atoms with Gasteiger partial charge in [-0.05, 0) is 45.3 Å².